The molecule has 4 rings (SSSR count). The summed E-state index contributed by atoms with van der Waals surface area (Å²) < 4.78 is 13.6. The van der Waals surface area contributed by atoms with E-state index in [9.17, 15) is 9.18 Å². The molecule has 1 aromatic carbocycles. The highest BCUT2D eigenvalue weighted by atomic mass is 19.1. The zero-order chi connectivity index (χ0) is 21.1. The molecule has 2 aromatic heterocycles. The quantitative estimate of drug-likeness (QED) is 0.586. The molecule has 0 aliphatic heterocycles. The average Bonchev–Trinajstić information content (AvgIpc) is 3.14. The van der Waals surface area contributed by atoms with Crippen LogP contribution in [0.4, 0.5) is 4.39 Å². The Bertz CT molecular complexity index is 1030. The minimum atomic E-state index is -0.313. The molecule has 0 radical (unpaired) electrons. The number of pyridine rings is 1. The summed E-state index contributed by atoms with van der Waals surface area (Å²) in [5.74, 6) is 0.661. The molecule has 2 N–H and O–H groups in total. The number of hydrogen-bond acceptors (Lipinski definition) is 2. The second kappa shape index (κ2) is 8.82. The van der Waals surface area contributed by atoms with E-state index in [1.54, 1.807) is 6.07 Å². The van der Waals surface area contributed by atoms with Gasteiger partial charge in [-0.25, -0.2) is 4.39 Å². The number of benzene rings is 1. The molecule has 3 aromatic rings. The van der Waals surface area contributed by atoms with Crippen LogP contribution in [0, 0.1) is 25.6 Å². The van der Waals surface area contributed by atoms with E-state index in [4.69, 9.17) is 0 Å². The van der Waals surface area contributed by atoms with E-state index in [1.165, 1.54) is 17.7 Å². The molecule has 0 unspecified atom stereocenters. The van der Waals surface area contributed by atoms with E-state index in [0.717, 1.165) is 37.1 Å². The second-order valence-corrected chi connectivity index (χ2v) is 8.41. The third-order valence-corrected chi connectivity index (χ3v) is 6.10. The number of aromatic amines is 1. The number of halogens is 1. The number of nitrogens with one attached hydrogen (secondary N) is 2. The molecule has 5 heteroatoms. The molecule has 0 spiro atoms. The van der Waals surface area contributed by atoms with Crippen LogP contribution >= 0.6 is 0 Å². The van der Waals surface area contributed by atoms with Crippen LogP contribution in [0.15, 0.2) is 48.7 Å². The first kappa shape index (κ1) is 20.3. The Labute approximate surface area is 176 Å². The van der Waals surface area contributed by atoms with Crippen LogP contribution in [-0.4, -0.2) is 22.4 Å². The van der Waals surface area contributed by atoms with Gasteiger partial charge in [0, 0.05) is 29.7 Å². The van der Waals surface area contributed by atoms with Crippen LogP contribution in [-0.2, 0) is 0 Å². The van der Waals surface area contributed by atoms with Crippen molar-refractivity contribution < 1.29 is 9.18 Å². The lowest BCUT2D eigenvalue weighted by atomic mass is 9.79. The molecular weight excluding hydrogens is 377 g/mol. The smallest absolute Gasteiger partial charge is 0.253 e. The number of hydrogen-bond donors (Lipinski definition) is 2. The SMILES string of the molecule is Cc1cc(C2CCC(CNC(=O)c3cc(C)[nH]c3-c3cccc(F)c3)CC2)ccn1. The molecule has 30 heavy (non-hydrogen) atoms. The molecule has 156 valence electrons. The summed E-state index contributed by atoms with van der Waals surface area (Å²) in [5.41, 5.74) is 5.25. The third kappa shape index (κ3) is 4.61. The number of H-pyrrole nitrogens is 1. The van der Waals surface area contributed by atoms with Gasteiger partial charge >= 0.3 is 0 Å². The Morgan fingerprint density at radius 1 is 1.13 bits per heavy atom. The summed E-state index contributed by atoms with van der Waals surface area (Å²) >= 11 is 0. The van der Waals surface area contributed by atoms with Crippen molar-refractivity contribution in [3.05, 3.63) is 77.0 Å². The molecule has 1 aliphatic carbocycles. The summed E-state index contributed by atoms with van der Waals surface area (Å²) in [5, 5.41) is 3.11. The van der Waals surface area contributed by atoms with Gasteiger partial charge in [-0.15, -0.1) is 0 Å². The van der Waals surface area contributed by atoms with Gasteiger partial charge in [0.15, 0.2) is 0 Å². The number of amides is 1. The van der Waals surface area contributed by atoms with Gasteiger partial charge in [0.2, 0.25) is 0 Å². The van der Waals surface area contributed by atoms with Gasteiger partial charge < -0.3 is 10.3 Å². The van der Waals surface area contributed by atoms with Crippen molar-refractivity contribution >= 4 is 5.91 Å². The fourth-order valence-corrected chi connectivity index (χ4v) is 4.49. The van der Waals surface area contributed by atoms with Crippen LogP contribution in [0.1, 0.15) is 58.9 Å². The monoisotopic (exact) mass is 405 g/mol. The molecule has 4 nitrogen and oxygen atoms in total. The summed E-state index contributed by atoms with van der Waals surface area (Å²) in [6, 6.07) is 12.5. The molecule has 0 atom stereocenters. The molecule has 1 amide bonds. The number of rotatable bonds is 5. The topological polar surface area (TPSA) is 57.8 Å². The molecule has 1 aliphatic rings. The van der Waals surface area contributed by atoms with Crippen LogP contribution in [0.5, 0.6) is 0 Å². The highest BCUT2D eigenvalue weighted by molar-refractivity contribution is 6.00. The first-order valence-electron chi connectivity index (χ1n) is 10.7. The van der Waals surface area contributed by atoms with Gasteiger partial charge in [-0.1, -0.05) is 12.1 Å². The predicted molar refractivity (Wildman–Crippen MR) is 117 cm³/mol. The van der Waals surface area contributed by atoms with Crippen molar-refractivity contribution in [3.63, 3.8) is 0 Å². The first-order chi connectivity index (χ1) is 14.5. The fraction of sp³-hybridized carbons (Fsp3) is 0.360. The summed E-state index contributed by atoms with van der Waals surface area (Å²) in [6.07, 6.45) is 6.39. The number of nitrogens with zero attached hydrogens (tertiary/aromatic N) is 1. The van der Waals surface area contributed by atoms with Gasteiger partial charge in [-0.3, -0.25) is 9.78 Å². The lowest BCUT2D eigenvalue weighted by molar-refractivity contribution is 0.0943. The zero-order valence-corrected chi connectivity index (χ0v) is 17.5. The Balaban J connectivity index is 1.36. The van der Waals surface area contributed by atoms with E-state index < -0.39 is 0 Å². The van der Waals surface area contributed by atoms with E-state index in [-0.39, 0.29) is 11.7 Å². The first-order valence-corrected chi connectivity index (χ1v) is 10.7. The number of aryl methyl sites for hydroxylation is 2. The van der Waals surface area contributed by atoms with Crippen molar-refractivity contribution in [2.24, 2.45) is 5.92 Å². The largest absolute Gasteiger partial charge is 0.358 e. The van der Waals surface area contributed by atoms with Gasteiger partial charge in [-0.05, 0) is 87.3 Å². The normalized spacial score (nSPS) is 18.9. The van der Waals surface area contributed by atoms with Crippen LogP contribution in [0.25, 0.3) is 11.3 Å². The molecule has 2 heterocycles. The van der Waals surface area contributed by atoms with Crippen LogP contribution in [0.2, 0.25) is 0 Å². The Morgan fingerprint density at radius 3 is 2.67 bits per heavy atom. The zero-order valence-electron chi connectivity index (χ0n) is 17.5. The highest BCUT2D eigenvalue weighted by Gasteiger charge is 2.24. The lowest BCUT2D eigenvalue weighted by Crippen LogP contribution is -2.31. The lowest BCUT2D eigenvalue weighted by Gasteiger charge is -2.29. The van der Waals surface area contributed by atoms with Crippen molar-refractivity contribution in [2.75, 3.05) is 6.54 Å². The molecule has 1 fully saturated rings. The third-order valence-electron chi connectivity index (χ3n) is 6.10. The molecular formula is C25H28FN3O. The highest BCUT2D eigenvalue weighted by Crippen LogP contribution is 2.35. The van der Waals surface area contributed by atoms with Crippen molar-refractivity contribution in [2.45, 2.75) is 45.4 Å². The molecule has 1 saturated carbocycles. The maximum absolute atomic E-state index is 13.6. The minimum Gasteiger partial charge on any atom is -0.358 e. The van der Waals surface area contributed by atoms with Crippen molar-refractivity contribution in [1.29, 1.82) is 0 Å². The summed E-state index contributed by atoms with van der Waals surface area (Å²) in [4.78, 5) is 20.4. The average molecular weight is 406 g/mol. The minimum absolute atomic E-state index is 0.106. The Hall–Kier alpha value is -2.95. The van der Waals surface area contributed by atoms with Crippen molar-refractivity contribution in [3.8, 4) is 11.3 Å². The van der Waals surface area contributed by atoms with E-state index in [2.05, 4.69) is 27.4 Å². The van der Waals surface area contributed by atoms with E-state index in [0.29, 0.717) is 35.2 Å². The standard InChI is InChI=1S/C25H28FN3O/c1-16-12-20(10-11-27-16)19-8-6-18(7-9-19)15-28-25(30)23-13-17(2)29-24(23)21-4-3-5-22(26)14-21/h3-5,10-14,18-19,29H,6-9,15H2,1-2H3,(H,28,30). The van der Waals surface area contributed by atoms with E-state index >= 15 is 0 Å². The summed E-state index contributed by atoms with van der Waals surface area (Å²) in [7, 11) is 0. The maximum atomic E-state index is 13.6. The fourth-order valence-electron chi connectivity index (χ4n) is 4.49. The number of aromatic nitrogens is 2. The Morgan fingerprint density at radius 2 is 1.93 bits per heavy atom. The van der Waals surface area contributed by atoms with E-state index in [1.807, 2.05) is 32.2 Å². The molecule has 0 saturated heterocycles. The van der Waals surface area contributed by atoms with Crippen LogP contribution in [0.3, 0.4) is 0 Å². The predicted octanol–water partition coefficient (Wildman–Crippen LogP) is 5.54. The summed E-state index contributed by atoms with van der Waals surface area (Å²) in [6.45, 7) is 4.61. The van der Waals surface area contributed by atoms with Gasteiger partial charge in [0.1, 0.15) is 5.82 Å². The number of carbonyl (C=O) groups excluding carboxylic acids is 1. The second-order valence-electron chi connectivity index (χ2n) is 8.41. The van der Waals surface area contributed by atoms with Gasteiger partial charge in [0.25, 0.3) is 5.91 Å². The van der Waals surface area contributed by atoms with Crippen LogP contribution < -0.4 is 5.32 Å². The van der Waals surface area contributed by atoms with Gasteiger partial charge in [0.05, 0.1) is 11.3 Å². The Kier molecular flexibility index (Phi) is 5.98. The maximum Gasteiger partial charge on any atom is 0.253 e. The number of carbonyl (C=O) groups is 1. The van der Waals surface area contributed by atoms with Gasteiger partial charge in [-0.2, -0.15) is 0 Å². The molecule has 0 bridgehead atoms. The van der Waals surface area contributed by atoms with Crippen molar-refractivity contribution in [1.82, 2.24) is 15.3 Å².